The van der Waals surface area contributed by atoms with Gasteiger partial charge in [0.2, 0.25) is 0 Å². The van der Waals surface area contributed by atoms with E-state index in [2.05, 4.69) is 34.8 Å². The molecule has 0 aliphatic heterocycles. The topological polar surface area (TPSA) is 68.2 Å². The predicted molar refractivity (Wildman–Crippen MR) is 105 cm³/mol. The van der Waals surface area contributed by atoms with Crippen molar-refractivity contribution in [1.29, 1.82) is 0 Å². The van der Waals surface area contributed by atoms with Gasteiger partial charge in [-0.2, -0.15) is 5.10 Å². The van der Waals surface area contributed by atoms with Gasteiger partial charge in [-0.05, 0) is 37.8 Å². The number of aromatic nitrogens is 2. The number of methoxy groups -OCH3 is 1. The molecule has 0 saturated heterocycles. The van der Waals surface area contributed by atoms with E-state index in [1.165, 1.54) is 5.69 Å². The fourth-order valence-corrected chi connectivity index (χ4v) is 3.27. The van der Waals surface area contributed by atoms with E-state index >= 15 is 0 Å². The monoisotopic (exact) mass is 378 g/mol. The fourth-order valence-electron chi connectivity index (χ4n) is 3.27. The van der Waals surface area contributed by atoms with Crippen molar-refractivity contribution in [2.24, 2.45) is 0 Å². The molecule has 7 heteroatoms. The average Bonchev–Trinajstić information content (AvgIpc) is 3.21. The van der Waals surface area contributed by atoms with Crippen LogP contribution in [-0.2, 0) is 17.6 Å². The zero-order valence-electron chi connectivity index (χ0n) is 15.4. The number of hydrogen-bond acceptors (Lipinski definition) is 4. The summed E-state index contributed by atoms with van der Waals surface area (Å²) in [5.41, 5.74) is 5.08. The molecule has 0 radical (unpaired) electrons. The first-order valence-electron chi connectivity index (χ1n) is 8.87. The summed E-state index contributed by atoms with van der Waals surface area (Å²) in [6.45, 7) is 4.82. The maximum atomic E-state index is 12.6. The van der Waals surface area contributed by atoms with Crippen LogP contribution in [0, 0.1) is 6.92 Å². The van der Waals surface area contributed by atoms with Crippen LogP contribution in [0.5, 0.6) is 0 Å². The van der Waals surface area contributed by atoms with Crippen molar-refractivity contribution in [2.45, 2.75) is 26.2 Å². The first-order valence-corrected chi connectivity index (χ1v) is 8.87. The SMILES string of the molecule is COCCNCCNC(=O)c1nn(-c2ccccc2C)c2c1CCC2.Cl. The van der Waals surface area contributed by atoms with Gasteiger partial charge in [0.05, 0.1) is 12.3 Å². The molecule has 1 aromatic carbocycles. The number of halogens is 1. The van der Waals surface area contributed by atoms with E-state index in [0.717, 1.165) is 49.2 Å². The van der Waals surface area contributed by atoms with Crippen LogP contribution in [-0.4, -0.2) is 49.0 Å². The third-order valence-corrected chi connectivity index (χ3v) is 4.56. The molecule has 0 spiro atoms. The Morgan fingerprint density at radius 1 is 1.23 bits per heavy atom. The van der Waals surface area contributed by atoms with Gasteiger partial charge in [0.1, 0.15) is 0 Å². The highest BCUT2D eigenvalue weighted by Gasteiger charge is 2.27. The number of rotatable bonds is 8. The summed E-state index contributed by atoms with van der Waals surface area (Å²) in [4.78, 5) is 12.6. The minimum atomic E-state index is -0.0842. The van der Waals surface area contributed by atoms with Crippen LogP contribution in [0.25, 0.3) is 5.69 Å². The van der Waals surface area contributed by atoms with Crippen molar-refractivity contribution in [3.8, 4) is 5.69 Å². The van der Waals surface area contributed by atoms with Crippen molar-refractivity contribution in [3.05, 3.63) is 46.8 Å². The van der Waals surface area contributed by atoms with E-state index in [1.807, 2.05) is 16.8 Å². The molecule has 26 heavy (non-hydrogen) atoms. The van der Waals surface area contributed by atoms with E-state index in [1.54, 1.807) is 7.11 Å². The molecule has 0 unspecified atom stereocenters. The van der Waals surface area contributed by atoms with Gasteiger partial charge in [0.15, 0.2) is 5.69 Å². The molecular formula is C19H27ClN4O2. The smallest absolute Gasteiger partial charge is 0.272 e. The highest BCUT2D eigenvalue weighted by molar-refractivity contribution is 5.94. The molecule has 1 heterocycles. The normalized spacial score (nSPS) is 12.5. The Morgan fingerprint density at radius 2 is 2.04 bits per heavy atom. The number of fused-ring (bicyclic) bond motifs is 1. The van der Waals surface area contributed by atoms with Gasteiger partial charge in [0.25, 0.3) is 5.91 Å². The molecule has 0 fully saturated rings. The van der Waals surface area contributed by atoms with Gasteiger partial charge in [0, 0.05) is 38.0 Å². The zero-order valence-corrected chi connectivity index (χ0v) is 16.2. The molecule has 1 aliphatic rings. The zero-order chi connectivity index (χ0) is 17.6. The lowest BCUT2D eigenvalue weighted by molar-refractivity contribution is 0.0947. The van der Waals surface area contributed by atoms with E-state index in [4.69, 9.17) is 4.74 Å². The van der Waals surface area contributed by atoms with Crippen LogP contribution >= 0.6 is 12.4 Å². The highest BCUT2D eigenvalue weighted by Crippen LogP contribution is 2.28. The van der Waals surface area contributed by atoms with Crippen LogP contribution in [0.2, 0.25) is 0 Å². The second-order valence-electron chi connectivity index (χ2n) is 6.32. The lowest BCUT2D eigenvalue weighted by Gasteiger charge is -2.08. The van der Waals surface area contributed by atoms with Gasteiger partial charge in [-0.1, -0.05) is 18.2 Å². The van der Waals surface area contributed by atoms with Gasteiger partial charge in [-0.3, -0.25) is 4.79 Å². The number of ether oxygens (including phenoxy) is 1. The molecule has 0 saturated carbocycles. The number of benzene rings is 1. The van der Waals surface area contributed by atoms with E-state index < -0.39 is 0 Å². The molecule has 1 aliphatic carbocycles. The van der Waals surface area contributed by atoms with Crippen molar-refractivity contribution < 1.29 is 9.53 Å². The molecular weight excluding hydrogens is 352 g/mol. The van der Waals surface area contributed by atoms with Crippen LogP contribution in [0.1, 0.15) is 33.7 Å². The quantitative estimate of drug-likeness (QED) is 0.690. The molecule has 2 aromatic rings. The van der Waals surface area contributed by atoms with E-state index in [9.17, 15) is 4.79 Å². The van der Waals surface area contributed by atoms with Gasteiger partial charge in [-0.15, -0.1) is 12.4 Å². The Kier molecular flexibility index (Phi) is 7.63. The molecule has 0 bridgehead atoms. The molecule has 1 aromatic heterocycles. The van der Waals surface area contributed by atoms with E-state index in [-0.39, 0.29) is 18.3 Å². The highest BCUT2D eigenvalue weighted by atomic mass is 35.5. The molecule has 1 amide bonds. The largest absolute Gasteiger partial charge is 0.383 e. The summed E-state index contributed by atoms with van der Waals surface area (Å²) >= 11 is 0. The van der Waals surface area contributed by atoms with Crippen LogP contribution in [0.15, 0.2) is 24.3 Å². The molecule has 3 rings (SSSR count). The van der Waals surface area contributed by atoms with Gasteiger partial charge >= 0.3 is 0 Å². The number of carbonyl (C=O) groups excluding carboxylic acids is 1. The Labute approximate surface area is 160 Å². The van der Waals surface area contributed by atoms with Crippen molar-refractivity contribution >= 4 is 18.3 Å². The summed E-state index contributed by atoms with van der Waals surface area (Å²) in [6.07, 6.45) is 2.98. The van der Waals surface area contributed by atoms with E-state index in [0.29, 0.717) is 18.8 Å². The molecule has 6 nitrogen and oxygen atoms in total. The lowest BCUT2D eigenvalue weighted by atomic mass is 10.2. The summed E-state index contributed by atoms with van der Waals surface area (Å²) < 4.78 is 6.94. The van der Waals surface area contributed by atoms with Crippen molar-refractivity contribution in [3.63, 3.8) is 0 Å². The molecule has 142 valence electrons. The Bertz CT molecular complexity index is 745. The lowest BCUT2D eigenvalue weighted by Crippen LogP contribution is -2.33. The number of amides is 1. The van der Waals surface area contributed by atoms with Crippen molar-refractivity contribution in [1.82, 2.24) is 20.4 Å². The van der Waals surface area contributed by atoms with Crippen LogP contribution in [0.3, 0.4) is 0 Å². The minimum Gasteiger partial charge on any atom is -0.383 e. The van der Waals surface area contributed by atoms with Gasteiger partial charge in [-0.25, -0.2) is 4.68 Å². The Morgan fingerprint density at radius 3 is 2.81 bits per heavy atom. The number of nitrogens with one attached hydrogen (secondary N) is 2. The summed E-state index contributed by atoms with van der Waals surface area (Å²) in [7, 11) is 1.68. The first-order chi connectivity index (χ1) is 12.2. The number of carbonyl (C=O) groups is 1. The van der Waals surface area contributed by atoms with Crippen LogP contribution < -0.4 is 10.6 Å². The fraction of sp³-hybridized carbons (Fsp3) is 0.474. The van der Waals surface area contributed by atoms with Crippen molar-refractivity contribution in [2.75, 3.05) is 33.4 Å². The number of para-hydroxylation sites is 1. The number of hydrogen-bond donors (Lipinski definition) is 2. The number of aryl methyl sites for hydroxylation is 1. The van der Waals surface area contributed by atoms with Gasteiger partial charge < -0.3 is 15.4 Å². The summed E-state index contributed by atoms with van der Waals surface area (Å²) in [6, 6.07) is 8.16. The summed E-state index contributed by atoms with van der Waals surface area (Å²) in [5, 5.41) is 10.8. The number of nitrogens with zero attached hydrogens (tertiary/aromatic N) is 2. The molecule has 0 atom stereocenters. The standard InChI is InChI=1S/C19H26N4O2.ClH/c1-14-6-3-4-8-16(14)23-17-9-5-7-15(17)18(22-23)19(24)21-11-10-20-12-13-25-2;/h3-4,6,8,20H,5,7,9-13H2,1-2H3,(H,21,24);1H. The second kappa shape index (κ2) is 9.71. The third kappa shape index (κ3) is 4.44. The molecule has 2 N–H and O–H groups in total. The maximum Gasteiger partial charge on any atom is 0.272 e. The average molecular weight is 379 g/mol. The minimum absolute atomic E-state index is 0. The predicted octanol–water partition coefficient (Wildman–Crippen LogP) is 2.06. The Hall–Kier alpha value is -1.89. The maximum absolute atomic E-state index is 12.6. The van der Waals surface area contributed by atoms with Crippen LogP contribution in [0.4, 0.5) is 0 Å². The first kappa shape index (κ1) is 20.4. The third-order valence-electron chi connectivity index (χ3n) is 4.56. The second-order valence-corrected chi connectivity index (χ2v) is 6.32. The Balaban J connectivity index is 0.00000243. The summed E-state index contributed by atoms with van der Waals surface area (Å²) in [5.74, 6) is -0.0842.